The Morgan fingerprint density at radius 3 is 3.11 bits per heavy atom. The molecule has 0 saturated heterocycles. The molecule has 1 aliphatic rings. The van der Waals surface area contributed by atoms with Gasteiger partial charge in [0.2, 0.25) is 5.91 Å². The summed E-state index contributed by atoms with van der Waals surface area (Å²) in [5.41, 5.74) is 0.817. The summed E-state index contributed by atoms with van der Waals surface area (Å²) in [5, 5.41) is 7.85. The summed E-state index contributed by atoms with van der Waals surface area (Å²) in [7, 11) is 0. The van der Waals surface area contributed by atoms with Crippen LogP contribution in [0.4, 0.5) is 5.82 Å². The first-order valence-corrected chi connectivity index (χ1v) is 6.35. The fraction of sp³-hybridized carbons (Fsp3) is 0.273. The van der Waals surface area contributed by atoms with Crippen molar-refractivity contribution in [3.05, 3.63) is 28.9 Å². The monoisotopic (exact) mass is 307 g/mol. The van der Waals surface area contributed by atoms with Crippen LogP contribution >= 0.6 is 15.9 Å². The van der Waals surface area contributed by atoms with Gasteiger partial charge < -0.3 is 0 Å². The molecule has 6 nitrogen and oxygen atoms in total. The number of carbonyl (C=O) groups excluding carboxylic acids is 1. The highest BCUT2D eigenvalue weighted by atomic mass is 79.9. The first kappa shape index (κ1) is 11.3. The Labute approximate surface area is 112 Å². The SMILES string of the molecule is CCN1C(=O)Cc2nncn2-c2cc(Br)cnc21. The molecule has 0 spiro atoms. The number of anilines is 1. The highest BCUT2D eigenvalue weighted by molar-refractivity contribution is 9.10. The molecule has 0 unspecified atom stereocenters. The Hall–Kier alpha value is -1.76. The zero-order valence-corrected chi connectivity index (χ0v) is 11.3. The van der Waals surface area contributed by atoms with Crippen LogP contribution in [0.1, 0.15) is 12.7 Å². The van der Waals surface area contributed by atoms with Gasteiger partial charge in [-0.2, -0.15) is 0 Å². The van der Waals surface area contributed by atoms with Crippen LogP contribution in [-0.2, 0) is 11.2 Å². The first-order valence-electron chi connectivity index (χ1n) is 5.56. The van der Waals surface area contributed by atoms with E-state index in [1.165, 1.54) is 0 Å². The summed E-state index contributed by atoms with van der Waals surface area (Å²) in [6, 6.07) is 1.91. The summed E-state index contributed by atoms with van der Waals surface area (Å²) in [6.45, 7) is 2.51. The number of halogens is 1. The maximum Gasteiger partial charge on any atom is 0.235 e. The van der Waals surface area contributed by atoms with Crippen molar-refractivity contribution < 1.29 is 4.79 Å². The van der Waals surface area contributed by atoms with Crippen molar-refractivity contribution in [2.24, 2.45) is 0 Å². The number of hydrogen-bond donors (Lipinski definition) is 0. The quantitative estimate of drug-likeness (QED) is 0.797. The Morgan fingerprint density at radius 2 is 2.33 bits per heavy atom. The molecule has 18 heavy (non-hydrogen) atoms. The normalized spacial score (nSPS) is 14.1. The molecule has 3 heterocycles. The second kappa shape index (κ2) is 4.16. The second-order valence-electron chi connectivity index (χ2n) is 3.93. The number of likely N-dealkylation sites (N-methyl/N-ethyl adjacent to an activating group) is 1. The number of rotatable bonds is 1. The lowest BCUT2D eigenvalue weighted by Crippen LogP contribution is -2.32. The van der Waals surface area contributed by atoms with Crippen LogP contribution in [-0.4, -0.2) is 32.2 Å². The zero-order valence-electron chi connectivity index (χ0n) is 9.67. The van der Waals surface area contributed by atoms with E-state index in [0.29, 0.717) is 18.2 Å². The predicted molar refractivity (Wildman–Crippen MR) is 68.6 cm³/mol. The lowest BCUT2D eigenvalue weighted by molar-refractivity contribution is -0.118. The van der Waals surface area contributed by atoms with Crippen molar-refractivity contribution in [3.63, 3.8) is 0 Å². The average molecular weight is 308 g/mol. The molecule has 0 atom stereocenters. The lowest BCUT2D eigenvalue weighted by Gasteiger charge is -2.19. The van der Waals surface area contributed by atoms with Crippen LogP contribution in [0.25, 0.3) is 5.69 Å². The Bertz CT molecular complexity index is 624. The van der Waals surface area contributed by atoms with Gasteiger partial charge in [-0.15, -0.1) is 10.2 Å². The standard InChI is InChI=1S/C11H10BrN5O/c1-2-16-10(18)4-9-15-14-6-17(9)8-3-7(12)5-13-11(8)16/h3,5-6H,2,4H2,1H3. The van der Waals surface area contributed by atoms with Crippen molar-refractivity contribution in [1.29, 1.82) is 0 Å². The maximum absolute atomic E-state index is 12.1. The molecule has 1 amide bonds. The minimum atomic E-state index is -0.0136. The van der Waals surface area contributed by atoms with E-state index in [0.717, 1.165) is 10.2 Å². The first-order chi connectivity index (χ1) is 8.70. The van der Waals surface area contributed by atoms with E-state index in [2.05, 4.69) is 31.1 Å². The lowest BCUT2D eigenvalue weighted by atomic mass is 10.3. The summed E-state index contributed by atoms with van der Waals surface area (Å²) >= 11 is 3.39. The third-order valence-electron chi connectivity index (χ3n) is 2.87. The number of aromatic nitrogens is 4. The van der Waals surface area contributed by atoms with Crippen molar-refractivity contribution in [1.82, 2.24) is 19.7 Å². The van der Waals surface area contributed by atoms with Gasteiger partial charge in [-0.05, 0) is 28.9 Å². The van der Waals surface area contributed by atoms with E-state index < -0.39 is 0 Å². The highest BCUT2D eigenvalue weighted by Crippen LogP contribution is 2.28. The molecule has 1 aliphatic heterocycles. The largest absolute Gasteiger partial charge is 0.295 e. The fourth-order valence-electron chi connectivity index (χ4n) is 2.06. The molecular weight excluding hydrogens is 298 g/mol. The molecule has 2 aromatic heterocycles. The van der Waals surface area contributed by atoms with Crippen LogP contribution < -0.4 is 4.90 Å². The molecule has 0 aromatic carbocycles. The smallest absolute Gasteiger partial charge is 0.235 e. The molecule has 0 radical (unpaired) electrons. The van der Waals surface area contributed by atoms with Crippen molar-refractivity contribution in [2.45, 2.75) is 13.3 Å². The Morgan fingerprint density at radius 1 is 1.50 bits per heavy atom. The van der Waals surface area contributed by atoms with Crippen molar-refractivity contribution in [2.75, 3.05) is 11.4 Å². The van der Waals surface area contributed by atoms with Crippen LogP contribution in [0, 0.1) is 0 Å². The van der Waals surface area contributed by atoms with Crippen LogP contribution in [0.2, 0.25) is 0 Å². The maximum atomic E-state index is 12.1. The molecule has 0 bridgehead atoms. The minimum Gasteiger partial charge on any atom is -0.295 e. The van der Waals surface area contributed by atoms with E-state index in [9.17, 15) is 4.79 Å². The van der Waals surface area contributed by atoms with E-state index in [-0.39, 0.29) is 12.3 Å². The van der Waals surface area contributed by atoms with Gasteiger partial charge in [-0.3, -0.25) is 14.3 Å². The Balaban J connectivity index is 2.29. The van der Waals surface area contributed by atoms with Gasteiger partial charge in [0.15, 0.2) is 5.82 Å². The minimum absolute atomic E-state index is 0.0136. The predicted octanol–water partition coefficient (Wildman–Crippen LogP) is 1.33. The molecule has 3 rings (SSSR count). The molecule has 0 saturated carbocycles. The van der Waals surface area contributed by atoms with Crippen LogP contribution in [0.15, 0.2) is 23.1 Å². The van der Waals surface area contributed by atoms with E-state index in [1.54, 1.807) is 22.0 Å². The topological polar surface area (TPSA) is 63.9 Å². The number of amides is 1. The molecule has 7 heteroatoms. The zero-order chi connectivity index (χ0) is 12.7. The van der Waals surface area contributed by atoms with E-state index in [4.69, 9.17) is 0 Å². The van der Waals surface area contributed by atoms with Gasteiger partial charge in [0.05, 0.1) is 12.1 Å². The van der Waals surface area contributed by atoms with Gasteiger partial charge in [-0.1, -0.05) is 0 Å². The molecule has 0 fully saturated rings. The molecule has 2 aromatic rings. The number of pyridine rings is 1. The summed E-state index contributed by atoms with van der Waals surface area (Å²) in [6.07, 6.45) is 3.53. The fourth-order valence-corrected chi connectivity index (χ4v) is 2.38. The molecule has 92 valence electrons. The number of hydrogen-bond acceptors (Lipinski definition) is 4. The number of fused-ring (bicyclic) bond motifs is 3. The third kappa shape index (κ3) is 1.62. The highest BCUT2D eigenvalue weighted by Gasteiger charge is 2.27. The van der Waals surface area contributed by atoms with Crippen molar-refractivity contribution >= 4 is 27.7 Å². The van der Waals surface area contributed by atoms with Gasteiger partial charge in [0, 0.05) is 17.2 Å². The van der Waals surface area contributed by atoms with Gasteiger partial charge in [-0.25, -0.2) is 4.98 Å². The molecular formula is C11H10BrN5O. The van der Waals surface area contributed by atoms with E-state index in [1.807, 2.05) is 13.0 Å². The van der Waals surface area contributed by atoms with Gasteiger partial charge >= 0.3 is 0 Å². The summed E-state index contributed by atoms with van der Waals surface area (Å²) in [4.78, 5) is 18.2. The average Bonchev–Trinajstić information content (AvgIpc) is 2.76. The van der Waals surface area contributed by atoms with Crippen molar-refractivity contribution in [3.8, 4) is 5.69 Å². The number of carbonyl (C=O) groups is 1. The van der Waals surface area contributed by atoms with Gasteiger partial charge in [0.1, 0.15) is 12.2 Å². The van der Waals surface area contributed by atoms with E-state index >= 15 is 0 Å². The second-order valence-corrected chi connectivity index (χ2v) is 4.84. The van der Waals surface area contributed by atoms with Crippen LogP contribution in [0.3, 0.4) is 0 Å². The summed E-state index contributed by atoms with van der Waals surface area (Å²) < 4.78 is 2.66. The third-order valence-corrected chi connectivity index (χ3v) is 3.31. The van der Waals surface area contributed by atoms with Gasteiger partial charge in [0.25, 0.3) is 0 Å². The summed E-state index contributed by atoms with van der Waals surface area (Å²) in [5.74, 6) is 1.27. The Kier molecular flexibility index (Phi) is 2.62. The number of nitrogens with zero attached hydrogens (tertiary/aromatic N) is 5. The molecule has 0 N–H and O–H groups in total. The van der Waals surface area contributed by atoms with Crippen LogP contribution in [0.5, 0.6) is 0 Å². The molecule has 0 aliphatic carbocycles.